The molecule has 0 saturated carbocycles. The standard InChI is InChI=1S/C14H13BrN4/c1-8-7-12(16)18-19-13(8)10-4-5-11(15)9-3-2-6-17-14(9)10/h2-6,8H,7H2,1H3,(H2,16,18). The zero-order valence-electron chi connectivity index (χ0n) is 10.5. The lowest BCUT2D eigenvalue weighted by atomic mass is 9.93. The number of hydrogen-bond donors (Lipinski definition) is 1. The molecule has 1 aromatic carbocycles. The third kappa shape index (κ3) is 2.14. The maximum atomic E-state index is 5.72. The van der Waals surface area contributed by atoms with E-state index in [1.165, 1.54) is 0 Å². The fourth-order valence-electron chi connectivity index (χ4n) is 2.33. The van der Waals surface area contributed by atoms with E-state index in [1.54, 1.807) is 6.20 Å². The summed E-state index contributed by atoms with van der Waals surface area (Å²) in [7, 11) is 0. The van der Waals surface area contributed by atoms with E-state index in [4.69, 9.17) is 5.73 Å². The van der Waals surface area contributed by atoms with Crippen LogP contribution in [-0.4, -0.2) is 16.5 Å². The molecule has 0 amide bonds. The molecule has 0 radical (unpaired) electrons. The fourth-order valence-corrected chi connectivity index (χ4v) is 2.78. The van der Waals surface area contributed by atoms with Crippen molar-refractivity contribution in [2.75, 3.05) is 0 Å². The van der Waals surface area contributed by atoms with Crippen molar-refractivity contribution in [3.8, 4) is 0 Å². The molecular weight excluding hydrogens is 304 g/mol. The summed E-state index contributed by atoms with van der Waals surface area (Å²) in [5.74, 6) is 0.842. The van der Waals surface area contributed by atoms with Crippen LogP contribution in [0.1, 0.15) is 18.9 Å². The van der Waals surface area contributed by atoms with Gasteiger partial charge in [-0.1, -0.05) is 28.9 Å². The number of rotatable bonds is 1. The average molecular weight is 317 g/mol. The quantitative estimate of drug-likeness (QED) is 0.878. The monoisotopic (exact) mass is 316 g/mol. The van der Waals surface area contributed by atoms with Crippen LogP contribution in [0.25, 0.3) is 10.9 Å². The highest BCUT2D eigenvalue weighted by Gasteiger charge is 2.21. The lowest BCUT2D eigenvalue weighted by Gasteiger charge is -2.18. The molecule has 0 aliphatic carbocycles. The van der Waals surface area contributed by atoms with Gasteiger partial charge >= 0.3 is 0 Å². The Bertz CT molecular complexity index is 706. The van der Waals surface area contributed by atoms with Crippen LogP contribution >= 0.6 is 15.9 Å². The highest BCUT2D eigenvalue weighted by atomic mass is 79.9. The first kappa shape index (κ1) is 12.3. The molecule has 96 valence electrons. The molecule has 5 heteroatoms. The van der Waals surface area contributed by atoms with Crippen LogP contribution in [0.3, 0.4) is 0 Å². The van der Waals surface area contributed by atoms with E-state index < -0.39 is 0 Å². The molecule has 0 saturated heterocycles. The summed E-state index contributed by atoms with van der Waals surface area (Å²) in [6.07, 6.45) is 2.53. The van der Waals surface area contributed by atoms with Gasteiger partial charge in [0.2, 0.25) is 0 Å². The normalized spacial score (nSPS) is 19.2. The first-order chi connectivity index (χ1) is 9.16. The Balaban J connectivity index is 2.24. The molecule has 1 atom stereocenters. The molecule has 0 bridgehead atoms. The number of amidine groups is 1. The molecule has 1 aliphatic rings. The van der Waals surface area contributed by atoms with Crippen molar-refractivity contribution in [3.63, 3.8) is 0 Å². The van der Waals surface area contributed by atoms with Crippen LogP contribution in [-0.2, 0) is 0 Å². The Morgan fingerprint density at radius 3 is 2.89 bits per heavy atom. The number of halogens is 1. The zero-order valence-corrected chi connectivity index (χ0v) is 12.1. The van der Waals surface area contributed by atoms with Gasteiger partial charge in [-0.25, -0.2) is 0 Å². The molecule has 3 rings (SSSR count). The van der Waals surface area contributed by atoms with Gasteiger partial charge in [0.05, 0.1) is 11.2 Å². The van der Waals surface area contributed by atoms with E-state index in [2.05, 4.69) is 38.0 Å². The highest BCUT2D eigenvalue weighted by Crippen LogP contribution is 2.28. The minimum absolute atomic E-state index is 0.254. The molecular formula is C14H13BrN4. The first-order valence-corrected chi connectivity index (χ1v) is 6.89. The predicted molar refractivity (Wildman–Crippen MR) is 81.4 cm³/mol. The predicted octanol–water partition coefficient (Wildman–Crippen LogP) is 3.10. The molecule has 2 heterocycles. The van der Waals surface area contributed by atoms with Gasteiger partial charge in [-0.05, 0) is 18.2 Å². The van der Waals surface area contributed by atoms with E-state index in [9.17, 15) is 0 Å². The SMILES string of the molecule is CC1CC(N)=NN=C1c1ccc(Br)c2cccnc12. The number of benzene rings is 1. The summed E-state index contributed by atoms with van der Waals surface area (Å²) in [5, 5.41) is 9.36. The molecule has 1 unspecified atom stereocenters. The Hall–Kier alpha value is -1.75. The number of pyridine rings is 1. The summed E-state index contributed by atoms with van der Waals surface area (Å²) in [5.41, 5.74) is 8.64. The zero-order chi connectivity index (χ0) is 13.4. The topological polar surface area (TPSA) is 63.6 Å². The van der Waals surface area contributed by atoms with Crippen LogP contribution in [0, 0.1) is 5.92 Å². The second-order valence-corrected chi connectivity index (χ2v) is 5.53. The van der Waals surface area contributed by atoms with Crippen molar-refractivity contribution in [2.45, 2.75) is 13.3 Å². The van der Waals surface area contributed by atoms with Crippen molar-refractivity contribution >= 4 is 38.4 Å². The third-order valence-electron chi connectivity index (χ3n) is 3.26. The summed E-state index contributed by atoms with van der Waals surface area (Å²) in [4.78, 5) is 4.48. The lowest BCUT2D eigenvalue weighted by Crippen LogP contribution is -2.25. The second kappa shape index (κ2) is 4.74. The fraction of sp³-hybridized carbons (Fsp3) is 0.214. The summed E-state index contributed by atoms with van der Waals surface area (Å²) >= 11 is 3.55. The van der Waals surface area contributed by atoms with E-state index in [0.29, 0.717) is 5.84 Å². The number of fused-ring (bicyclic) bond motifs is 1. The van der Waals surface area contributed by atoms with Gasteiger partial charge in [-0.3, -0.25) is 4.98 Å². The second-order valence-electron chi connectivity index (χ2n) is 4.68. The average Bonchev–Trinajstić information content (AvgIpc) is 2.41. The molecule has 1 aliphatic heterocycles. The highest BCUT2D eigenvalue weighted by molar-refractivity contribution is 9.10. The number of nitrogens with zero attached hydrogens (tertiary/aromatic N) is 3. The minimum Gasteiger partial charge on any atom is -0.386 e. The maximum absolute atomic E-state index is 5.72. The van der Waals surface area contributed by atoms with Gasteiger partial charge in [0.15, 0.2) is 0 Å². The van der Waals surface area contributed by atoms with Gasteiger partial charge in [0.25, 0.3) is 0 Å². The molecule has 4 nitrogen and oxygen atoms in total. The van der Waals surface area contributed by atoms with Crippen LogP contribution in [0.5, 0.6) is 0 Å². The van der Waals surface area contributed by atoms with Gasteiger partial charge < -0.3 is 5.73 Å². The van der Waals surface area contributed by atoms with Crippen molar-refractivity contribution < 1.29 is 0 Å². The Labute approximate surface area is 119 Å². The molecule has 19 heavy (non-hydrogen) atoms. The third-order valence-corrected chi connectivity index (χ3v) is 3.95. The lowest BCUT2D eigenvalue weighted by molar-refractivity contribution is 0.784. The van der Waals surface area contributed by atoms with Gasteiger partial charge in [0, 0.05) is 34.0 Å². The molecule has 2 aromatic rings. The summed E-state index contributed by atoms with van der Waals surface area (Å²) in [6, 6.07) is 8.03. The molecule has 0 spiro atoms. The van der Waals surface area contributed by atoms with Crippen LogP contribution in [0.2, 0.25) is 0 Å². The number of aromatic nitrogens is 1. The van der Waals surface area contributed by atoms with Crippen molar-refractivity contribution in [1.29, 1.82) is 0 Å². The minimum atomic E-state index is 0.254. The molecule has 1 aromatic heterocycles. The van der Waals surface area contributed by atoms with Crippen molar-refractivity contribution in [1.82, 2.24) is 4.98 Å². The Morgan fingerprint density at radius 2 is 2.11 bits per heavy atom. The Morgan fingerprint density at radius 1 is 1.26 bits per heavy atom. The summed E-state index contributed by atoms with van der Waals surface area (Å²) in [6.45, 7) is 2.11. The van der Waals surface area contributed by atoms with Crippen LogP contribution < -0.4 is 5.73 Å². The van der Waals surface area contributed by atoms with Crippen molar-refractivity contribution in [3.05, 3.63) is 40.5 Å². The maximum Gasteiger partial charge on any atom is 0.123 e. The largest absolute Gasteiger partial charge is 0.386 e. The first-order valence-electron chi connectivity index (χ1n) is 6.10. The number of hydrogen-bond acceptors (Lipinski definition) is 4. The Kier molecular flexibility index (Phi) is 3.06. The summed E-state index contributed by atoms with van der Waals surface area (Å²) < 4.78 is 1.03. The van der Waals surface area contributed by atoms with E-state index >= 15 is 0 Å². The van der Waals surface area contributed by atoms with Gasteiger partial charge in [-0.15, -0.1) is 5.10 Å². The molecule has 0 fully saturated rings. The van der Waals surface area contributed by atoms with Crippen LogP contribution in [0.4, 0.5) is 0 Å². The smallest absolute Gasteiger partial charge is 0.123 e. The van der Waals surface area contributed by atoms with Gasteiger partial charge in [-0.2, -0.15) is 5.10 Å². The van der Waals surface area contributed by atoms with Gasteiger partial charge in [0.1, 0.15) is 5.84 Å². The number of nitrogens with two attached hydrogens (primary N) is 1. The van der Waals surface area contributed by atoms with Crippen LogP contribution in [0.15, 0.2) is 45.1 Å². The van der Waals surface area contributed by atoms with E-state index in [0.717, 1.165) is 33.1 Å². The molecule has 2 N–H and O–H groups in total. The van der Waals surface area contributed by atoms with Crippen molar-refractivity contribution in [2.24, 2.45) is 21.9 Å². The van der Waals surface area contributed by atoms with E-state index in [1.807, 2.05) is 24.3 Å². The van der Waals surface area contributed by atoms with E-state index in [-0.39, 0.29) is 5.92 Å².